The second kappa shape index (κ2) is 6.70. The average molecular weight is 457 g/mol. The summed E-state index contributed by atoms with van der Waals surface area (Å²) in [7, 11) is 0. The SMILES string of the molecule is CCNC(c1cccc(I)c1)c1cc(Cl)c(Br)s1. The fourth-order valence-electron chi connectivity index (χ4n) is 1.78. The molecule has 0 amide bonds. The lowest BCUT2D eigenvalue weighted by Gasteiger charge is -2.17. The van der Waals surface area contributed by atoms with Gasteiger partial charge in [-0.1, -0.05) is 30.7 Å². The highest BCUT2D eigenvalue weighted by atomic mass is 127. The molecular formula is C13H12BrClINS. The number of hydrogen-bond donors (Lipinski definition) is 1. The molecule has 5 heteroatoms. The Kier molecular flexibility index (Phi) is 5.50. The molecule has 1 aromatic heterocycles. The zero-order valence-electron chi connectivity index (χ0n) is 9.71. The minimum Gasteiger partial charge on any atom is -0.306 e. The highest BCUT2D eigenvalue weighted by Crippen LogP contribution is 2.37. The maximum absolute atomic E-state index is 6.13. The number of benzene rings is 1. The van der Waals surface area contributed by atoms with Crippen LogP contribution in [0.25, 0.3) is 0 Å². The molecule has 1 atom stereocenters. The Morgan fingerprint density at radius 3 is 2.78 bits per heavy atom. The van der Waals surface area contributed by atoms with Crippen molar-refractivity contribution in [2.75, 3.05) is 6.54 Å². The minimum atomic E-state index is 0.207. The van der Waals surface area contributed by atoms with Gasteiger partial charge in [0.1, 0.15) is 0 Å². The fourth-order valence-corrected chi connectivity index (χ4v) is 4.20. The van der Waals surface area contributed by atoms with Crippen molar-refractivity contribution >= 4 is 61.5 Å². The normalized spacial score (nSPS) is 12.7. The van der Waals surface area contributed by atoms with Gasteiger partial charge in [0.2, 0.25) is 0 Å². The van der Waals surface area contributed by atoms with Crippen LogP contribution >= 0.6 is 61.5 Å². The van der Waals surface area contributed by atoms with Crippen molar-refractivity contribution in [1.82, 2.24) is 5.32 Å². The van der Waals surface area contributed by atoms with E-state index in [4.69, 9.17) is 11.6 Å². The third-order valence-corrected chi connectivity index (χ3v) is 5.75. The summed E-state index contributed by atoms with van der Waals surface area (Å²) in [6, 6.07) is 10.8. The summed E-state index contributed by atoms with van der Waals surface area (Å²) >= 11 is 13.6. The van der Waals surface area contributed by atoms with Gasteiger partial charge in [0.25, 0.3) is 0 Å². The highest BCUT2D eigenvalue weighted by molar-refractivity contribution is 14.1. The summed E-state index contributed by atoms with van der Waals surface area (Å²) in [5.41, 5.74) is 1.27. The van der Waals surface area contributed by atoms with Crippen molar-refractivity contribution in [3.05, 3.63) is 53.2 Å². The second-order valence-electron chi connectivity index (χ2n) is 3.82. The van der Waals surface area contributed by atoms with E-state index >= 15 is 0 Å². The fraction of sp³-hybridized carbons (Fsp3) is 0.231. The lowest BCUT2D eigenvalue weighted by Crippen LogP contribution is -2.21. The van der Waals surface area contributed by atoms with E-state index in [2.05, 4.69) is 75.0 Å². The molecule has 0 saturated heterocycles. The third kappa shape index (κ3) is 3.48. The Morgan fingerprint density at radius 2 is 2.22 bits per heavy atom. The summed E-state index contributed by atoms with van der Waals surface area (Å²) in [6.45, 7) is 3.04. The van der Waals surface area contributed by atoms with Crippen LogP contribution in [0.1, 0.15) is 23.4 Å². The van der Waals surface area contributed by atoms with Crippen molar-refractivity contribution in [2.45, 2.75) is 13.0 Å². The number of halogens is 3. The lowest BCUT2D eigenvalue weighted by atomic mass is 10.1. The first-order valence-electron chi connectivity index (χ1n) is 5.55. The van der Waals surface area contributed by atoms with Crippen LogP contribution in [0.15, 0.2) is 34.1 Å². The maximum atomic E-state index is 6.13. The minimum absolute atomic E-state index is 0.207. The summed E-state index contributed by atoms with van der Waals surface area (Å²) in [6.07, 6.45) is 0. The van der Waals surface area contributed by atoms with Gasteiger partial charge in [-0.2, -0.15) is 0 Å². The molecule has 1 heterocycles. The van der Waals surface area contributed by atoms with E-state index < -0.39 is 0 Å². The topological polar surface area (TPSA) is 12.0 Å². The second-order valence-corrected chi connectivity index (χ2v) is 7.87. The molecular weight excluding hydrogens is 444 g/mol. The maximum Gasteiger partial charge on any atom is 0.0888 e. The predicted molar refractivity (Wildman–Crippen MR) is 91.7 cm³/mol. The van der Waals surface area contributed by atoms with E-state index in [1.54, 1.807) is 11.3 Å². The zero-order chi connectivity index (χ0) is 13.1. The Balaban J connectivity index is 2.39. The van der Waals surface area contributed by atoms with Crippen molar-refractivity contribution in [2.24, 2.45) is 0 Å². The van der Waals surface area contributed by atoms with Crippen LogP contribution in [0.5, 0.6) is 0 Å². The van der Waals surface area contributed by atoms with E-state index in [-0.39, 0.29) is 6.04 Å². The van der Waals surface area contributed by atoms with Gasteiger partial charge in [0.05, 0.1) is 14.9 Å². The number of thiophene rings is 1. The Hall–Kier alpha value is 0.380. The van der Waals surface area contributed by atoms with Crippen LogP contribution < -0.4 is 5.32 Å². The molecule has 0 aliphatic rings. The number of hydrogen-bond acceptors (Lipinski definition) is 2. The van der Waals surface area contributed by atoms with Gasteiger partial charge < -0.3 is 5.32 Å². The van der Waals surface area contributed by atoms with Crippen molar-refractivity contribution in [3.8, 4) is 0 Å². The summed E-state index contributed by atoms with van der Waals surface area (Å²) in [5.74, 6) is 0. The summed E-state index contributed by atoms with van der Waals surface area (Å²) < 4.78 is 2.24. The first-order chi connectivity index (χ1) is 8.61. The summed E-state index contributed by atoms with van der Waals surface area (Å²) in [4.78, 5) is 1.23. The van der Waals surface area contributed by atoms with Crippen LogP contribution in [0, 0.1) is 3.57 Å². The Bertz CT molecular complexity index is 524. The van der Waals surface area contributed by atoms with Crippen LogP contribution in [-0.4, -0.2) is 6.54 Å². The molecule has 1 N–H and O–H groups in total. The predicted octanol–water partition coefficient (Wildman–Crippen LogP) is 5.47. The average Bonchev–Trinajstić information content (AvgIpc) is 2.66. The number of rotatable bonds is 4. The molecule has 0 aliphatic heterocycles. The van der Waals surface area contributed by atoms with E-state index in [1.165, 1.54) is 14.0 Å². The molecule has 0 fully saturated rings. The highest BCUT2D eigenvalue weighted by Gasteiger charge is 2.17. The van der Waals surface area contributed by atoms with Crippen LogP contribution in [-0.2, 0) is 0 Å². The van der Waals surface area contributed by atoms with Gasteiger partial charge in [0.15, 0.2) is 0 Å². The van der Waals surface area contributed by atoms with E-state index in [0.717, 1.165) is 15.4 Å². The van der Waals surface area contributed by atoms with Crippen molar-refractivity contribution < 1.29 is 0 Å². The molecule has 1 unspecified atom stereocenters. The number of nitrogens with one attached hydrogen (secondary N) is 1. The van der Waals surface area contributed by atoms with Gasteiger partial charge in [-0.05, 0) is 68.8 Å². The molecule has 0 saturated carbocycles. The smallest absolute Gasteiger partial charge is 0.0888 e. The van der Waals surface area contributed by atoms with Gasteiger partial charge in [-0.3, -0.25) is 0 Å². The van der Waals surface area contributed by atoms with Gasteiger partial charge in [-0.15, -0.1) is 11.3 Å². The first-order valence-corrected chi connectivity index (χ1v) is 8.62. The van der Waals surface area contributed by atoms with Crippen LogP contribution in [0.3, 0.4) is 0 Å². The van der Waals surface area contributed by atoms with Crippen LogP contribution in [0.2, 0.25) is 5.02 Å². The third-order valence-electron chi connectivity index (χ3n) is 2.54. The first kappa shape index (κ1) is 14.8. The van der Waals surface area contributed by atoms with E-state index in [0.29, 0.717) is 0 Å². The zero-order valence-corrected chi connectivity index (χ0v) is 15.0. The Labute approximate surface area is 138 Å². The molecule has 0 spiro atoms. The molecule has 96 valence electrons. The molecule has 1 nitrogen and oxygen atoms in total. The van der Waals surface area contributed by atoms with Gasteiger partial charge in [-0.25, -0.2) is 0 Å². The van der Waals surface area contributed by atoms with E-state index in [1.807, 2.05) is 6.07 Å². The Morgan fingerprint density at radius 1 is 1.44 bits per heavy atom. The summed E-state index contributed by atoms with van der Waals surface area (Å²) in [5, 5.41) is 4.29. The lowest BCUT2D eigenvalue weighted by molar-refractivity contribution is 0.639. The van der Waals surface area contributed by atoms with Gasteiger partial charge >= 0.3 is 0 Å². The van der Waals surface area contributed by atoms with Crippen molar-refractivity contribution in [3.63, 3.8) is 0 Å². The van der Waals surface area contributed by atoms with Crippen molar-refractivity contribution in [1.29, 1.82) is 0 Å². The molecule has 0 aliphatic carbocycles. The van der Waals surface area contributed by atoms with Gasteiger partial charge in [0, 0.05) is 8.45 Å². The standard InChI is InChI=1S/C13H12BrClINS/c1-2-17-12(8-4-3-5-9(16)6-8)11-7-10(15)13(14)18-11/h3-7,12,17H,2H2,1H3. The molecule has 2 aromatic rings. The monoisotopic (exact) mass is 455 g/mol. The largest absolute Gasteiger partial charge is 0.306 e. The van der Waals surface area contributed by atoms with E-state index in [9.17, 15) is 0 Å². The van der Waals surface area contributed by atoms with Crippen LogP contribution in [0.4, 0.5) is 0 Å². The molecule has 18 heavy (non-hydrogen) atoms. The quantitative estimate of drug-likeness (QED) is 0.602. The molecule has 0 bridgehead atoms. The molecule has 1 aromatic carbocycles. The molecule has 2 rings (SSSR count). The molecule has 0 radical (unpaired) electrons.